The van der Waals surface area contributed by atoms with Gasteiger partial charge in [-0.1, -0.05) is 56.0 Å². The molecule has 2 heterocycles. The number of nitrogens with zero attached hydrogens (tertiary/aromatic N) is 6. The van der Waals surface area contributed by atoms with Gasteiger partial charge in [0.2, 0.25) is 10.0 Å². The first-order valence-electron chi connectivity index (χ1n) is 21.5. The van der Waals surface area contributed by atoms with Crippen molar-refractivity contribution in [3.05, 3.63) is 102 Å². The number of benzene rings is 4. The summed E-state index contributed by atoms with van der Waals surface area (Å²) in [7, 11) is -6.62. The fourth-order valence-electron chi connectivity index (χ4n) is 7.45. The largest absolute Gasteiger partial charge is 0.497 e. The summed E-state index contributed by atoms with van der Waals surface area (Å²) in [6.45, 7) is 10.8. The number of halogens is 1. The van der Waals surface area contributed by atoms with Gasteiger partial charge in [0, 0.05) is 33.4 Å². The summed E-state index contributed by atoms with van der Waals surface area (Å²) in [5.41, 5.74) is 1.19. The maximum atomic E-state index is 16.4. The lowest BCUT2D eigenvalue weighted by molar-refractivity contribution is 0.0463. The Kier molecular flexibility index (Phi) is 15.5. The summed E-state index contributed by atoms with van der Waals surface area (Å²) >= 11 is 0. The maximum Gasteiger partial charge on any atom is 0.407 e. The van der Waals surface area contributed by atoms with E-state index in [1.807, 2.05) is 31.8 Å². The van der Waals surface area contributed by atoms with Crippen LogP contribution in [0.15, 0.2) is 94.7 Å². The summed E-state index contributed by atoms with van der Waals surface area (Å²) in [6.07, 6.45) is -2.30. The molecule has 1 aliphatic heterocycles. The van der Waals surface area contributed by atoms with Crippen LogP contribution in [0.3, 0.4) is 0 Å². The van der Waals surface area contributed by atoms with Crippen molar-refractivity contribution in [3.63, 3.8) is 0 Å². The van der Waals surface area contributed by atoms with Gasteiger partial charge in [0.05, 0.1) is 56.7 Å². The molecule has 5 aromatic rings. The van der Waals surface area contributed by atoms with Crippen molar-refractivity contribution < 1.29 is 45.0 Å². The second kappa shape index (κ2) is 20.5. The lowest BCUT2D eigenvalue weighted by atomic mass is 10.0. The molecule has 66 heavy (non-hydrogen) atoms. The van der Waals surface area contributed by atoms with E-state index < -0.39 is 61.6 Å². The predicted molar refractivity (Wildman–Crippen MR) is 253 cm³/mol. The van der Waals surface area contributed by atoms with E-state index in [4.69, 9.17) is 18.9 Å². The zero-order valence-corrected chi connectivity index (χ0v) is 41.6. The van der Waals surface area contributed by atoms with E-state index in [9.17, 15) is 13.2 Å². The molecule has 16 nitrogen and oxygen atoms in total. The van der Waals surface area contributed by atoms with Crippen LogP contribution in [-0.4, -0.2) is 114 Å². The first kappa shape index (κ1) is 49.9. The number of carbonyl (C=O) groups is 1. The molecule has 1 saturated heterocycles. The molecule has 1 amide bonds. The van der Waals surface area contributed by atoms with Gasteiger partial charge >= 0.3 is 6.09 Å². The third kappa shape index (κ3) is 12.4. The average molecular weight is 966 g/mol. The summed E-state index contributed by atoms with van der Waals surface area (Å²) in [6, 6.07) is 23.2. The molecular formula is C46H60FN7O9S2Si. The van der Waals surface area contributed by atoms with Crippen LogP contribution in [0.1, 0.15) is 43.9 Å². The van der Waals surface area contributed by atoms with Crippen LogP contribution in [0, 0.1) is 0 Å². The summed E-state index contributed by atoms with van der Waals surface area (Å²) in [4.78, 5) is 13.5. The molecule has 1 fully saturated rings. The fourth-order valence-corrected chi connectivity index (χ4v) is 14.2. The lowest BCUT2D eigenvalue weighted by Gasteiger charge is -2.38. The molecule has 20 heteroatoms. The minimum Gasteiger partial charge on any atom is -0.497 e. The molecule has 1 aliphatic rings. The molecule has 0 unspecified atom stereocenters. The predicted octanol–water partition coefficient (Wildman–Crippen LogP) is 7.36. The minimum atomic E-state index is -4.89. The topological polar surface area (TPSA) is 184 Å². The number of carbonyl (C=O) groups excluding carboxylic acids is 1. The van der Waals surface area contributed by atoms with Crippen LogP contribution >= 0.6 is 0 Å². The maximum absolute atomic E-state index is 16.4. The quantitative estimate of drug-likeness (QED) is 0.0861. The Balaban J connectivity index is 1.60. The number of alkyl carbamates (subject to hydrolysis) is 1. The number of anilines is 1. The minimum absolute atomic E-state index is 0.0485. The van der Waals surface area contributed by atoms with Crippen molar-refractivity contribution >= 4 is 39.7 Å². The zero-order valence-electron chi connectivity index (χ0n) is 38.9. The average Bonchev–Trinajstić information content (AvgIpc) is 3.73. The van der Waals surface area contributed by atoms with E-state index in [1.165, 1.54) is 35.3 Å². The molecule has 0 aliphatic carbocycles. The Bertz CT molecular complexity index is 2630. The Labute approximate surface area is 388 Å². The van der Waals surface area contributed by atoms with Crippen LogP contribution in [0.2, 0.25) is 25.7 Å². The number of hydrogen-bond donors (Lipinski definition) is 1. The van der Waals surface area contributed by atoms with Crippen molar-refractivity contribution in [2.24, 2.45) is 0 Å². The molecular weight excluding hydrogens is 906 g/mol. The summed E-state index contributed by atoms with van der Waals surface area (Å²) in [5.74, 6) is 1.37. The highest BCUT2D eigenvalue weighted by molar-refractivity contribution is 7.93. The zero-order chi connectivity index (χ0) is 48.0. The monoisotopic (exact) mass is 965 g/mol. The summed E-state index contributed by atoms with van der Waals surface area (Å²) in [5, 5.41) is 15.4. The van der Waals surface area contributed by atoms with Crippen LogP contribution in [0.25, 0.3) is 11.4 Å². The van der Waals surface area contributed by atoms with Crippen molar-refractivity contribution in [1.82, 2.24) is 29.8 Å². The summed E-state index contributed by atoms with van der Waals surface area (Å²) < 4.78 is 102. The van der Waals surface area contributed by atoms with E-state index in [1.54, 1.807) is 93.4 Å². The van der Waals surface area contributed by atoms with Crippen LogP contribution in [0.5, 0.6) is 17.2 Å². The van der Waals surface area contributed by atoms with Crippen molar-refractivity contribution in [3.8, 4) is 28.6 Å². The van der Waals surface area contributed by atoms with Gasteiger partial charge in [0.1, 0.15) is 33.9 Å². The number of piperidine rings is 1. The van der Waals surface area contributed by atoms with E-state index in [0.29, 0.717) is 34.4 Å². The highest BCUT2D eigenvalue weighted by Gasteiger charge is 2.41. The van der Waals surface area contributed by atoms with Gasteiger partial charge in [-0.25, -0.2) is 30.7 Å². The number of amides is 1. The van der Waals surface area contributed by atoms with Gasteiger partial charge < -0.3 is 29.2 Å². The molecule has 4 aromatic carbocycles. The van der Waals surface area contributed by atoms with Crippen molar-refractivity contribution in [2.45, 2.75) is 100 Å². The van der Waals surface area contributed by atoms with Gasteiger partial charge in [0.15, 0.2) is 15.7 Å². The number of sulfonamides is 1. The van der Waals surface area contributed by atoms with E-state index >= 15 is 12.8 Å². The standard InChI is InChI=1S/C46H60FN7O9S2Si/c1-46(2,3)63-45(55)48-39-24-25-52(31-38(39)47)40-22-23-41(64(56,57)26-27-66(7,8)9)43(42(40)44-49-50-51-54(44)30-34-14-20-37(62-6)21-15-34)65(58,59)53(28-32-10-16-35(60-4)17-11-32)29-33-12-18-36(61-5)19-13-33/h10-23,38-39H,24-31H2,1-9H3,(H,48,55)/t38-,39+/m1/s1. The van der Waals surface area contributed by atoms with Gasteiger partial charge in [-0.05, 0) is 109 Å². The molecule has 1 N–H and O–H groups in total. The van der Waals surface area contributed by atoms with Crippen LogP contribution < -0.4 is 24.4 Å². The molecule has 0 bridgehead atoms. The molecule has 2 atom stereocenters. The van der Waals surface area contributed by atoms with Gasteiger partial charge in [0.25, 0.3) is 0 Å². The number of ether oxygens (including phenoxy) is 4. The molecule has 0 saturated carbocycles. The molecule has 6 rings (SSSR count). The number of alkyl halides is 1. The first-order chi connectivity index (χ1) is 31.1. The number of sulfone groups is 1. The van der Waals surface area contributed by atoms with Crippen molar-refractivity contribution in [1.29, 1.82) is 0 Å². The second-order valence-corrected chi connectivity index (χ2v) is 28.0. The highest BCUT2D eigenvalue weighted by Crippen LogP contribution is 2.43. The van der Waals surface area contributed by atoms with Crippen molar-refractivity contribution in [2.75, 3.05) is 45.1 Å². The molecule has 0 radical (unpaired) electrons. The third-order valence-corrected chi connectivity index (χ3v) is 16.9. The first-order valence-corrected chi connectivity index (χ1v) is 28.3. The van der Waals surface area contributed by atoms with E-state index in [2.05, 4.69) is 20.8 Å². The lowest BCUT2D eigenvalue weighted by Crippen LogP contribution is -2.53. The number of hydrogen-bond acceptors (Lipinski definition) is 13. The Hall–Kier alpha value is -5.57. The number of tetrazole rings is 1. The Morgan fingerprint density at radius 3 is 1.83 bits per heavy atom. The smallest absolute Gasteiger partial charge is 0.407 e. The van der Waals surface area contributed by atoms with Crippen LogP contribution in [-0.2, 0) is 44.2 Å². The van der Waals surface area contributed by atoms with E-state index in [-0.39, 0.29) is 62.0 Å². The van der Waals surface area contributed by atoms with Gasteiger partial charge in [-0.2, -0.15) is 4.31 Å². The molecule has 356 valence electrons. The second-order valence-electron chi connectivity index (χ2n) is 18.4. The normalized spacial score (nSPS) is 16.0. The number of rotatable bonds is 18. The fraction of sp³-hybridized carbons (Fsp3) is 0.435. The van der Waals surface area contributed by atoms with Gasteiger partial charge in [-0.15, -0.1) is 5.10 Å². The molecule has 1 aromatic heterocycles. The van der Waals surface area contributed by atoms with Crippen LogP contribution in [0.4, 0.5) is 14.9 Å². The Morgan fingerprint density at radius 2 is 1.35 bits per heavy atom. The highest BCUT2D eigenvalue weighted by atomic mass is 32.2. The molecule has 0 spiro atoms. The van der Waals surface area contributed by atoms with E-state index in [0.717, 1.165) is 5.56 Å². The van der Waals surface area contributed by atoms with Gasteiger partial charge in [-0.3, -0.25) is 0 Å². The number of aromatic nitrogens is 4. The SMILES string of the molecule is COc1ccc(CN(Cc2ccc(OC)cc2)S(=O)(=O)c2c(S(=O)(=O)CC[Si](C)(C)C)ccc(N3CC[C@H](NC(=O)OC(C)(C)C)[C@H](F)C3)c2-c2nnnn2Cc2ccc(OC)cc2)cc1. The number of nitrogens with one attached hydrogen (secondary N) is 1. The number of methoxy groups -OCH3 is 3. The Morgan fingerprint density at radius 1 is 0.818 bits per heavy atom. The third-order valence-electron chi connectivity index (χ3n) is 11.0.